The second kappa shape index (κ2) is 1.72. The molecule has 0 spiro atoms. The van der Waals surface area contributed by atoms with Crippen LogP contribution in [0.3, 0.4) is 0 Å². The van der Waals surface area contributed by atoms with E-state index in [0.29, 0.717) is 12.8 Å². The monoisotopic (exact) mass is 136 g/mol. The van der Waals surface area contributed by atoms with Crippen LogP contribution in [-0.4, -0.2) is 5.78 Å². The van der Waals surface area contributed by atoms with E-state index >= 15 is 0 Å². The summed E-state index contributed by atoms with van der Waals surface area (Å²) in [5.41, 5.74) is 0.866. The van der Waals surface area contributed by atoms with E-state index in [1.54, 1.807) is 0 Å². The zero-order valence-electron chi connectivity index (χ0n) is 5.64. The molecule has 0 fully saturated rings. The molecule has 0 aromatic heterocycles. The topological polar surface area (TPSA) is 26.3 Å². The van der Waals surface area contributed by atoms with Crippen molar-refractivity contribution in [2.45, 2.75) is 19.3 Å². The maximum atomic E-state index is 11.0. The molecule has 0 saturated heterocycles. The highest BCUT2D eigenvalue weighted by molar-refractivity contribution is 5.99. The molecule has 0 unspecified atom stereocenters. The first-order valence-electron chi connectivity index (χ1n) is 3.38. The van der Waals surface area contributed by atoms with Crippen LogP contribution in [0.25, 0.3) is 0 Å². The highest BCUT2D eigenvalue weighted by Gasteiger charge is 2.30. The number of hydrogen-bond donors (Lipinski definition) is 0. The van der Waals surface area contributed by atoms with Gasteiger partial charge in [-0.2, -0.15) is 0 Å². The number of rotatable bonds is 0. The smallest absolute Gasteiger partial charge is 0.163 e. The van der Waals surface area contributed by atoms with Gasteiger partial charge in [0.1, 0.15) is 11.5 Å². The summed E-state index contributed by atoms with van der Waals surface area (Å²) in [7, 11) is 0. The van der Waals surface area contributed by atoms with Crippen LogP contribution in [0.1, 0.15) is 19.3 Å². The molecule has 0 radical (unpaired) electrons. The van der Waals surface area contributed by atoms with Gasteiger partial charge in [-0.3, -0.25) is 4.79 Å². The summed E-state index contributed by atoms with van der Waals surface area (Å²) in [5, 5.41) is 0. The van der Waals surface area contributed by atoms with Crippen LogP contribution < -0.4 is 0 Å². The van der Waals surface area contributed by atoms with E-state index in [4.69, 9.17) is 4.74 Å². The van der Waals surface area contributed by atoms with Gasteiger partial charge in [-0.05, 0) is 0 Å². The van der Waals surface area contributed by atoms with Crippen molar-refractivity contribution in [2.24, 2.45) is 0 Å². The molecule has 10 heavy (non-hydrogen) atoms. The Bertz CT molecular complexity index is 248. The second-order valence-electron chi connectivity index (χ2n) is 2.64. The maximum Gasteiger partial charge on any atom is 0.163 e. The predicted molar refractivity (Wildman–Crippen MR) is 36.1 cm³/mol. The highest BCUT2D eigenvalue weighted by atomic mass is 16.5. The minimum Gasteiger partial charge on any atom is -0.466 e. The molecule has 0 amide bonds. The Kier molecular flexibility index (Phi) is 0.982. The van der Waals surface area contributed by atoms with Crippen LogP contribution >= 0.6 is 0 Å². The fourth-order valence-corrected chi connectivity index (χ4v) is 1.40. The van der Waals surface area contributed by atoms with Gasteiger partial charge in [-0.25, -0.2) is 0 Å². The number of carbonyl (C=O) groups excluding carboxylic acids is 1. The molecule has 0 aromatic rings. The quantitative estimate of drug-likeness (QED) is 0.505. The van der Waals surface area contributed by atoms with Crippen molar-refractivity contribution >= 4 is 5.78 Å². The summed E-state index contributed by atoms with van der Waals surface area (Å²) < 4.78 is 5.22. The minimum atomic E-state index is 0.244. The van der Waals surface area contributed by atoms with Gasteiger partial charge in [0.25, 0.3) is 0 Å². The van der Waals surface area contributed by atoms with E-state index in [1.165, 1.54) is 0 Å². The zero-order valence-corrected chi connectivity index (χ0v) is 5.64. The Morgan fingerprint density at radius 3 is 2.90 bits per heavy atom. The van der Waals surface area contributed by atoms with E-state index in [-0.39, 0.29) is 5.78 Å². The van der Waals surface area contributed by atoms with Crippen LogP contribution in [0.4, 0.5) is 0 Å². The molecule has 0 aromatic carbocycles. The summed E-state index contributed by atoms with van der Waals surface area (Å²) in [6.07, 6.45) is 2.07. The van der Waals surface area contributed by atoms with Crippen molar-refractivity contribution in [3.8, 4) is 0 Å². The van der Waals surface area contributed by atoms with Crippen molar-refractivity contribution in [2.75, 3.05) is 0 Å². The van der Waals surface area contributed by atoms with E-state index in [9.17, 15) is 4.79 Å². The average Bonchev–Trinajstić information content (AvgIpc) is 2.35. The predicted octanol–water partition coefficient (Wildman–Crippen LogP) is 1.54. The van der Waals surface area contributed by atoms with E-state index in [0.717, 1.165) is 23.5 Å². The first-order valence-corrected chi connectivity index (χ1v) is 3.38. The molecule has 0 N–H and O–H groups in total. The van der Waals surface area contributed by atoms with Crippen LogP contribution in [-0.2, 0) is 9.53 Å². The summed E-state index contributed by atoms with van der Waals surface area (Å²) in [6, 6.07) is 0. The Hall–Kier alpha value is -1.05. The van der Waals surface area contributed by atoms with Crippen LogP contribution in [0.15, 0.2) is 23.7 Å². The third kappa shape index (κ3) is 0.618. The molecular weight excluding hydrogens is 128 g/mol. The molecule has 2 nitrogen and oxygen atoms in total. The van der Waals surface area contributed by atoms with Crippen LogP contribution in [0.2, 0.25) is 0 Å². The Labute approximate surface area is 59.2 Å². The molecular formula is C8H8O2. The first-order chi connectivity index (χ1) is 4.77. The van der Waals surface area contributed by atoms with Crippen molar-refractivity contribution < 1.29 is 9.53 Å². The molecule has 52 valence electrons. The zero-order chi connectivity index (χ0) is 7.14. The third-order valence-electron chi connectivity index (χ3n) is 1.89. The lowest BCUT2D eigenvalue weighted by molar-refractivity contribution is -0.115. The molecule has 2 aliphatic rings. The Morgan fingerprint density at radius 2 is 2.20 bits per heavy atom. The number of ketones is 1. The molecule has 1 aliphatic carbocycles. The molecule has 1 heterocycles. The largest absolute Gasteiger partial charge is 0.466 e. The van der Waals surface area contributed by atoms with E-state index < -0.39 is 0 Å². The molecule has 2 heteroatoms. The maximum absolute atomic E-state index is 11.0. The molecule has 2 rings (SSSR count). The number of ether oxygens (including phenoxy) is 1. The van der Waals surface area contributed by atoms with Gasteiger partial charge in [0, 0.05) is 24.8 Å². The number of carbonyl (C=O) groups is 1. The lowest BCUT2D eigenvalue weighted by atomic mass is 10.1. The Morgan fingerprint density at radius 1 is 1.40 bits per heavy atom. The SMILES string of the molecule is C=C1CC2=C(CCC2=O)O1. The van der Waals surface area contributed by atoms with Gasteiger partial charge >= 0.3 is 0 Å². The molecule has 1 aliphatic heterocycles. The van der Waals surface area contributed by atoms with Crippen LogP contribution in [0, 0.1) is 0 Å². The lowest BCUT2D eigenvalue weighted by Gasteiger charge is -1.98. The molecule has 0 saturated carbocycles. The first kappa shape index (κ1) is 5.71. The van der Waals surface area contributed by atoms with Crippen molar-refractivity contribution in [3.63, 3.8) is 0 Å². The van der Waals surface area contributed by atoms with Gasteiger partial charge in [-0.1, -0.05) is 6.58 Å². The number of allylic oxidation sites excluding steroid dienone is 2. The fourth-order valence-electron chi connectivity index (χ4n) is 1.40. The lowest BCUT2D eigenvalue weighted by Crippen LogP contribution is -1.93. The average molecular weight is 136 g/mol. The fraction of sp³-hybridized carbons (Fsp3) is 0.375. The van der Waals surface area contributed by atoms with Gasteiger partial charge in [0.05, 0.1) is 0 Å². The Balaban J connectivity index is 2.34. The standard InChI is InChI=1S/C8H8O2/c1-5-4-6-7(9)2-3-8(6)10-5/h1-4H2. The normalized spacial score (nSPS) is 23.6. The van der Waals surface area contributed by atoms with Gasteiger partial charge in [-0.15, -0.1) is 0 Å². The summed E-state index contributed by atoms with van der Waals surface area (Å²) >= 11 is 0. The van der Waals surface area contributed by atoms with Crippen molar-refractivity contribution in [1.82, 2.24) is 0 Å². The third-order valence-corrected chi connectivity index (χ3v) is 1.89. The van der Waals surface area contributed by atoms with Gasteiger partial charge in [0.15, 0.2) is 5.78 Å². The minimum absolute atomic E-state index is 0.244. The number of hydrogen-bond acceptors (Lipinski definition) is 2. The summed E-state index contributed by atoms with van der Waals surface area (Å²) in [5.74, 6) is 1.83. The molecule has 0 bridgehead atoms. The van der Waals surface area contributed by atoms with E-state index in [1.807, 2.05) is 0 Å². The van der Waals surface area contributed by atoms with Gasteiger partial charge in [0.2, 0.25) is 0 Å². The van der Waals surface area contributed by atoms with E-state index in [2.05, 4.69) is 6.58 Å². The summed E-state index contributed by atoms with van der Waals surface area (Å²) in [6.45, 7) is 3.66. The van der Waals surface area contributed by atoms with Crippen molar-refractivity contribution in [3.05, 3.63) is 23.7 Å². The highest BCUT2D eigenvalue weighted by Crippen LogP contribution is 2.35. The van der Waals surface area contributed by atoms with Crippen LogP contribution in [0.5, 0.6) is 0 Å². The molecule has 0 atom stereocenters. The summed E-state index contributed by atoms with van der Waals surface area (Å²) in [4.78, 5) is 11.0. The second-order valence-corrected chi connectivity index (χ2v) is 2.64. The van der Waals surface area contributed by atoms with Crippen molar-refractivity contribution in [1.29, 1.82) is 0 Å². The number of Topliss-reactive ketones (excluding diaryl/α,β-unsaturated/α-hetero) is 1. The van der Waals surface area contributed by atoms with Gasteiger partial charge < -0.3 is 4.74 Å².